The van der Waals surface area contributed by atoms with Gasteiger partial charge in [0.1, 0.15) is 0 Å². The number of aryl methyl sites for hydroxylation is 1. The molecule has 1 aliphatic carbocycles. The molecular weight excluding hydrogens is 410 g/mol. The fourth-order valence-electron chi connectivity index (χ4n) is 4.34. The number of fused-ring (bicyclic) bond motifs is 1. The van der Waals surface area contributed by atoms with Gasteiger partial charge in [0.15, 0.2) is 11.6 Å². The predicted octanol–water partition coefficient (Wildman–Crippen LogP) is 3.56. The number of hydrogen-bond acceptors (Lipinski definition) is 3. The first-order valence-corrected chi connectivity index (χ1v) is 11.6. The normalized spacial score (nSPS) is 20.5. The Morgan fingerprint density at radius 3 is 2.47 bits per heavy atom. The van der Waals surface area contributed by atoms with E-state index in [0.717, 1.165) is 37.0 Å². The van der Waals surface area contributed by atoms with Gasteiger partial charge in [0.25, 0.3) is 0 Å². The van der Waals surface area contributed by atoms with E-state index in [-0.39, 0.29) is 35.9 Å². The van der Waals surface area contributed by atoms with Crippen molar-refractivity contribution in [1.29, 1.82) is 0 Å². The van der Waals surface area contributed by atoms with Gasteiger partial charge in [-0.1, -0.05) is 24.3 Å². The van der Waals surface area contributed by atoms with Gasteiger partial charge in [0, 0.05) is 19.0 Å². The summed E-state index contributed by atoms with van der Waals surface area (Å²) in [4.78, 5) is 12.5. The highest BCUT2D eigenvalue weighted by molar-refractivity contribution is 7.89. The molecule has 2 aliphatic rings. The number of amides is 1. The third-order valence-corrected chi connectivity index (χ3v) is 7.93. The number of halogens is 2. The molecular formula is C22H24F2N2O3S. The van der Waals surface area contributed by atoms with Crippen LogP contribution in [0, 0.1) is 17.6 Å². The number of hydrogen-bond donors (Lipinski definition) is 1. The molecule has 2 aromatic carbocycles. The summed E-state index contributed by atoms with van der Waals surface area (Å²) >= 11 is 0. The predicted molar refractivity (Wildman–Crippen MR) is 108 cm³/mol. The van der Waals surface area contributed by atoms with Crippen molar-refractivity contribution < 1.29 is 22.0 Å². The highest BCUT2D eigenvalue weighted by Crippen LogP contribution is 2.31. The molecule has 2 aromatic rings. The average molecular weight is 435 g/mol. The molecule has 0 bridgehead atoms. The van der Waals surface area contributed by atoms with Gasteiger partial charge in [-0.25, -0.2) is 17.2 Å². The van der Waals surface area contributed by atoms with E-state index in [1.807, 2.05) is 12.1 Å². The van der Waals surface area contributed by atoms with Gasteiger partial charge in [-0.05, 0) is 61.4 Å². The number of sulfonamides is 1. The van der Waals surface area contributed by atoms with Crippen LogP contribution in [-0.2, 0) is 21.2 Å². The Bertz CT molecular complexity index is 1050. The first kappa shape index (κ1) is 20.9. The van der Waals surface area contributed by atoms with Gasteiger partial charge >= 0.3 is 0 Å². The van der Waals surface area contributed by atoms with Gasteiger partial charge in [-0.15, -0.1) is 0 Å². The van der Waals surface area contributed by atoms with Crippen LogP contribution < -0.4 is 5.32 Å². The van der Waals surface area contributed by atoms with Crippen LogP contribution in [0.2, 0.25) is 0 Å². The van der Waals surface area contributed by atoms with Crippen LogP contribution in [0.1, 0.15) is 42.9 Å². The standard InChI is InChI=1S/C22H24F2N2O3S/c23-19-9-8-17(14-20(19)24)30(28,29)26-12-10-16(11-13-26)22(27)25-21-7-3-5-15-4-1-2-6-18(15)21/h1-2,4,6,8-9,14,16,21H,3,5,7,10-13H2,(H,25,27). The zero-order valence-corrected chi connectivity index (χ0v) is 17.3. The summed E-state index contributed by atoms with van der Waals surface area (Å²) in [6.45, 7) is 0.335. The van der Waals surface area contributed by atoms with E-state index in [4.69, 9.17) is 0 Å². The molecule has 1 heterocycles. The van der Waals surface area contributed by atoms with Gasteiger partial charge in [0.05, 0.1) is 10.9 Å². The second-order valence-corrected chi connectivity index (χ2v) is 9.84. The largest absolute Gasteiger partial charge is 0.349 e. The van der Waals surface area contributed by atoms with Crippen LogP contribution in [0.5, 0.6) is 0 Å². The monoisotopic (exact) mass is 434 g/mol. The lowest BCUT2D eigenvalue weighted by Crippen LogP contribution is -2.44. The van der Waals surface area contributed by atoms with Crippen molar-refractivity contribution in [2.24, 2.45) is 5.92 Å². The Labute approximate surface area is 175 Å². The number of benzene rings is 2. The molecule has 1 fully saturated rings. The molecule has 30 heavy (non-hydrogen) atoms. The summed E-state index contributed by atoms with van der Waals surface area (Å²) in [6, 6.07) is 10.7. The van der Waals surface area contributed by atoms with Crippen molar-refractivity contribution in [3.8, 4) is 0 Å². The SMILES string of the molecule is O=C(NC1CCCc2ccccc21)C1CCN(S(=O)(=O)c2ccc(F)c(F)c2)CC1. The average Bonchev–Trinajstić information content (AvgIpc) is 2.76. The van der Waals surface area contributed by atoms with Crippen molar-refractivity contribution in [2.45, 2.75) is 43.0 Å². The van der Waals surface area contributed by atoms with Crippen LogP contribution in [0.4, 0.5) is 8.78 Å². The van der Waals surface area contributed by atoms with E-state index in [1.165, 1.54) is 9.87 Å². The van der Waals surface area contributed by atoms with Crippen LogP contribution >= 0.6 is 0 Å². The van der Waals surface area contributed by atoms with Crippen molar-refractivity contribution in [2.75, 3.05) is 13.1 Å². The zero-order valence-electron chi connectivity index (χ0n) is 16.5. The van der Waals surface area contributed by atoms with Crippen LogP contribution in [0.3, 0.4) is 0 Å². The van der Waals surface area contributed by atoms with Gasteiger partial charge in [-0.3, -0.25) is 4.79 Å². The second kappa shape index (κ2) is 8.43. The topological polar surface area (TPSA) is 66.5 Å². The molecule has 0 saturated carbocycles. The molecule has 1 saturated heterocycles. The highest BCUT2D eigenvalue weighted by Gasteiger charge is 2.33. The Morgan fingerprint density at radius 1 is 1.00 bits per heavy atom. The maximum Gasteiger partial charge on any atom is 0.243 e. The summed E-state index contributed by atoms with van der Waals surface area (Å²) < 4.78 is 53.3. The molecule has 1 atom stereocenters. The lowest BCUT2D eigenvalue weighted by molar-refractivity contribution is -0.127. The van der Waals surface area contributed by atoms with Gasteiger partial charge in [-0.2, -0.15) is 4.31 Å². The third kappa shape index (κ3) is 4.11. The minimum absolute atomic E-state index is 0.00796. The zero-order chi connectivity index (χ0) is 21.3. The summed E-state index contributed by atoms with van der Waals surface area (Å²) in [5.74, 6) is -2.61. The summed E-state index contributed by atoms with van der Waals surface area (Å²) in [7, 11) is -3.92. The molecule has 0 spiro atoms. The van der Waals surface area contributed by atoms with E-state index >= 15 is 0 Å². The Morgan fingerprint density at radius 2 is 1.73 bits per heavy atom. The number of rotatable bonds is 4. The van der Waals surface area contributed by atoms with Gasteiger partial charge in [0.2, 0.25) is 15.9 Å². The van der Waals surface area contributed by atoms with E-state index in [1.54, 1.807) is 0 Å². The van der Waals surface area contributed by atoms with E-state index in [9.17, 15) is 22.0 Å². The van der Waals surface area contributed by atoms with Crippen molar-refractivity contribution >= 4 is 15.9 Å². The fraction of sp³-hybridized carbons (Fsp3) is 0.409. The Kier molecular flexibility index (Phi) is 5.88. The number of carbonyl (C=O) groups excluding carboxylic acids is 1. The first-order chi connectivity index (χ1) is 14.4. The molecule has 0 aromatic heterocycles. The minimum atomic E-state index is -3.92. The summed E-state index contributed by atoms with van der Waals surface area (Å²) in [6.07, 6.45) is 3.72. The smallest absolute Gasteiger partial charge is 0.243 e. The Balaban J connectivity index is 1.39. The van der Waals surface area contributed by atoms with Crippen LogP contribution in [0.15, 0.2) is 47.4 Å². The quantitative estimate of drug-likeness (QED) is 0.800. The lowest BCUT2D eigenvalue weighted by Gasteiger charge is -2.32. The van der Waals surface area contributed by atoms with Crippen molar-refractivity contribution in [3.05, 3.63) is 65.2 Å². The molecule has 160 valence electrons. The van der Waals surface area contributed by atoms with Crippen molar-refractivity contribution in [1.82, 2.24) is 9.62 Å². The Hall–Kier alpha value is -2.32. The molecule has 5 nitrogen and oxygen atoms in total. The lowest BCUT2D eigenvalue weighted by atomic mass is 9.87. The van der Waals surface area contributed by atoms with E-state index in [0.29, 0.717) is 18.9 Å². The number of piperidine rings is 1. The molecule has 1 amide bonds. The maximum atomic E-state index is 13.5. The minimum Gasteiger partial charge on any atom is -0.349 e. The van der Waals surface area contributed by atoms with Crippen LogP contribution in [0.25, 0.3) is 0 Å². The third-order valence-electron chi connectivity index (χ3n) is 6.04. The summed E-state index contributed by atoms with van der Waals surface area (Å²) in [5, 5.41) is 3.15. The first-order valence-electron chi connectivity index (χ1n) is 10.2. The van der Waals surface area contributed by atoms with E-state index in [2.05, 4.69) is 17.4 Å². The molecule has 1 unspecified atom stereocenters. The van der Waals surface area contributed by atoms with Crippen molar-refractivity contribution in [3.63, 3.8) is 0 Å². The van der Waals surface area contributed by atoms with Crippen LogP contribution in [-0.4, -0.2) is 31.7 Å². The van der Waals surface area contributed by atoms with E-state index < -0.39 is 21.7 Å². The number of carbonyl (C=O) groups is 1. The molecule has 1 aliphatic heterocycles. The number of nitrogens with one attached hydrogen (secondary N) is 1. The van der Waals surface area contributed by atoms with Gasteiger partial charge < -0.3 is 5.32 Å². The highest BCUT2D eigenvalue weighted by atomic mass is 32.2. The molecule has 4 rings (SSSR count). The fourth-order valence-corrected chi connectivity index (χ4v) is 5.82. The second-order valence-electron chi connectivity index (χ2n) is 7.91. The molecule has 1 N–H and O–H groups in total. The molecule has 0 radical (unpaired) electrons. The summed E-state index contributed by atoms with van der Waals surface area (Å²) in [5.41, 5.74) is 2.43. The molecule has 8 heteroatoms. The number of nitrogens with zero attached hydrogens (tertiary/aromatic N) is 1. The maximum absolute atomic E-state index is 13.5.